The molecule has 1 N–H and O–H groups in total. The molecule has 0 aliphatic heterocycles. The molecule has 0 saturated carbocycles. The standard InChI is InChI=1S/C3H3BrO2/c1-2(4)3(5)6/h1H2,(H,5,6)/i/hD. The topological polar surface area (TPSA) is 37.3 Å². The summed E-state index contributed by atoms with van der Waals surface area (Å²) in [4.78, 5) is 9.96. The Labute approximate surface area is 45.1 Å². The fourth-order valence-corrected chi connectivity index (χ4v) is 0. The van der Waals surface area contributed by atoms with Crippen LogP contribution in [0.2, 0.25) is 0 Å². The van der Waals surface area contributed by atoms with Crippen LogP contribution >= 0.6 is 15.9 Å². The van der Waals surface area contributed by atoms with E-state index in [-0.39, 0.29) is 4.48 Å². The van der Waals surface area contributed by atoms with E-state index in [0.717, 1.165) is 0 Å². The molecular formula is C3H3BrO2. The van der Waals surface area contributed by atoms with Crippen molar-refractivity contribution < 1.29 is 9.90 Å². The molecule has 0 aliphatic rings. The van der Waals surface area contributed by atoms with E-state index < -0.39 is 5.97 Å². The molecule has 2 nitrogen and oxygen atoms in total. The van der Waals surface area contributed by atoms with Crippen molar-refractivity contribution in [1.82, 2.24) is 0 Å². The summed E-state index contributed by atoms with van der Waals surface area (Å²) in [5.41, 5.74) is 0. The molecule has 34 valence electrons. The van der Waals surface area contributed by atoms with Crippen LogP contribution in [0.5, 0.6) is 0 Å². The highest BCUT2D eigenvalue weighted by molar-refractivity contribution is 9.12. The summed E-state index contributed by atoms with van der Waals surface area (Å²) in [6.07, 6.45) is 0. The van der Waals surface area contributed by atoms with Crippen LogP contribution < -0.4 is 0 Å². The molecule has 0 aromatic rings. The first-order valence-corrected chi connectivity index (χ1v) is 1.99. The molecule has 6 heavy (non-hydrogen) atoms. The molecule has 0 fully saturated rings. The maximum absolute atomic E-state index is 9.96. The number of carbonyl (C=O) groups is 1. The van der Waals surface area contributed by atoms with Gasteiger partial charge in [-0.3, -0.25) is 0 Å². The van der Waals surface area contributed by atoms with E-state index in [1.807, 2.05) is 0 Å². The molecule has 0 radical (unpaired) electrons. The molecule has 0 saturated heterocycles. The number of aliphatic carboxylic acids is 1. The van der Waals surface area contributed by atoms with Crippen LogP contribution in [0.1, 0.15) is 0 Å². The molecule has 0 unspecified atom stereocenters. The molecule has 0 spiro atoms. The van der Waals surface area contributed by atoms with E-state index in [9.17, 15) is 4.79 Å². The molecule has 0 aliphatic carbocycles. The Morgan fingerprint density at radius 2 is 2.67 bits per heavy atom. The van der Waals surface area contributed by atoms with Crippen molar-refractivity contribution in [2.45, 2.75) is 0 Å². The van der Waals surface area contributed by atoms with Gasteiger partial charge in [0.15, 0.2) is 0 Å². The average Bonchev–Trinajstić information content (AvgIpc) is 1.65. The first-order valence-electron chi connectivity index (χ1n) is 1.61. The van der Waals surface area contributed by atoms with Gasteiger partial charge in [0.05, 0.1) is 4.48 Å². The van der Waals surface area contributed by atoms with E-state index in [1.54, 1.807) is 0 Å². The van der Waals surface area contributed by atoms with Crippen LogP contribution in [0.25, 0.3) is 1.43 Å². The highest BCUT2D eigenvalue weighted by atomic mass is 79.9. The van der Waals surface area contributed by atoms with E-state index >= 15 is 0 Å². The quantitative estimate of drug-likeness (QED) is 0.568. The van der Waals surface area contributed by atoms with Crippen molar-refractivity contribution in [2.75, 3.05) is 0 Å². The summed E-state index contributed by atoms with van der Waals surface area (Å²) in [5, 5.41) is 3.48. The Balaban J connectivity index is 3.58. The summed E-state index contributed by atoms with van der Waals surface area (Å²) < 4.78 is 6.06. The normalized spacial score (nSPS) is 9.17. The van der Waals surface area contributed by atoms with Gasteiger partial charge in [-0.05, 0) is 15.9 Å². The largest absolute Gasteiger partial charge is 0.477 e. The number of halogens is 1. The number of carboxylic acid groups (broad SMARTS) is 1. The lowest BCUT2D eigenvalue weighted by atomic mass is 10.7. The van der Waals surface area contributed by atoms with Crippen molar-refractivity contribution in [1.29, 1.82) is 1.43 Å². The zero-order chi connectivity index (χ0) is 5.86. The number of carboxylic acids is 1. The molecule has 0 heterocycles. The highest BCUT2D eigenvalue weighted by Gasteiger charge is 1.93. The molecule has 3 heteroatoms. The van der Waals surface area contributed by atoms with Gasteiger partial charge in [-0.1, -0.05) is 6.58 Å². The summed E-state index contributed by atoms with van der Waals surface area (Å²) in [6.45, 7) is 3.15. The minimum absolute atomic E-state index is 0.0579. The molecule has 0 amide bonds. The average molecular weight is 152 g/mol. The van der Waals surface area contributed by atoms with Gasteiger partial charge in [0.25, 0.3) is 1.43 Å². The molecular weight excluding hydrogens is 148 g/mol. The molecule has 0 bridgehead atoms. The van der Waals surface area contributed by atoms with E-state index in [0.29, 0.717) is 0 Å². The van der Waals surface area contributed by atoms with Crippen LogP contribution in [0.15, 0.2) is 11.1 Å². The second-order valence-electron chi connectivity index (χ2n) is 0.692. The molecule has 0 rings (SSSR count). The zero-order valence-corrected chi connectivity index (χ0v) is 4.49. The van der Waals surface area contributed by atoms with Gasteiger partial charge in [0.1, 0.15) is 0 Å². The fraction of sp³-hybridized carbons (Fsp3) is 0. The van der Waals surface area contributed by atoms with Crippen LogP contribution in [-0.2, 0) is 4.79 Å². The summed E-state index contributed by atoms with van der Waals surface area (Å²) in [7, 11) is 0. The Bertz CT molecular complexity index is 101. The predicted octanol–water partition coefficient (Wildman–Crippen LogP) is 0.980. The van der Waals surface area contributed by atoms with Gasteiger partial charge >= 0.3 is 5.97 Å². The van der Waals surface area contributed by atoms with E-state index in [2.05, 4.69) is 27.6 Å². The fourth-order valence-electron chi connectivity index (χ4n) is 0. The number of hydrogen-bond acceptors (Lipinski definition) is 2. The lowest BCUT2D eigenvalue weighted by Crippen LogP contribution is -1.89. The summed E-state index contributed by atoms with van der Waals surface area (Å²) in [5.74, 6) is -0.764. The van der Waals surface area contributed by atoms with Gasteiger partial charge in [-0.2, -0.15) is 0 Å². The highest BCUT2D eigenvalue weighted by Crippen LogP contribution is 1.97. The smallest absolute Gasteiger partial charge is 0.342 e. The van der Waals surface area contributed by atoms with Crippen molar-refractivity contribution in [3.05, 3.63) is 11.1 Å². The SMILES string of the molecule is [2H]OC(=O)C(=C)Br. The zero-order valence-electron chi connectivity index (χ0n) is 3.90. The van der Waals surface area contributed by atoms with Crippen molar-refractivity contribution in [3.63, 3.8) is 0 Å². The molecule has 0 aromatic heterocycles. The second-order valence-corrected chi connectivity index (χ2v) is 1.65. The Morgan fingerprint density at radius 3 is 2.67 bits per heavy atom. The van der Waals surface area contributed by atoms with Crippen LogP contribution in [0.4, 0.5) is 0 Å². The van der Waals surface area contributed by atoms with Gasteiger partial charge in [0.2, 0.25) is 0 Å². The van der Waals surface area contributed by atoms with Crippen LogP contribution in [0.3, 0.4) is 0 Å². The number of hydrogen-bond donors (Lipinski definition) is 1. The van der Waals surface area contributed by atoms with Crippen LogP contribution in [0, 0.1) is 0 Å². The Morgan fingerprint density at radius 1 is 2.17 bits per heavy atom. The van der Waals surface area contributed by atoms with E-state index in [1.165, 1.54) is 0 Å². The maximum atomic E-state index is 9.96. The third-order valence-electron chi connectivity index (χ3n) is 0.221. The lowest BCUT2D eigenvalue weighted by Gasteiger charge is -1.77. The van der Waals surface area contributed by atoms with Crippen molar-refractivity contribution in [3.8, 4) is 0 Å². The Hall–Kier alpha value is -0.310. The third-order valence-corrected chi connectivity index (χ3v) is 0.545. The molecule has 0 aromatic carbocycles. The predicted molar refractivity (Wildman–Crippen MR) is 25.7 cm³/mol. The van der Waals surface area contributed by atoms with Crippen molar-refractivity contribution >= 4 is 21.9 Å². The summed E-state index contributed by atoms with van der Waals surface area (Å²) in [6, 6.07) is 0. The van der Waals surface area contributed by atoms with Gasteiger partial charge < -0.3 is 5.11 Å². The van der Waals surface area contributed by atoms with Gasteiger partial charge in [0, 0.05) is 0 Å². The van der Waals surface area contributed by atoms with Crippen molar-refractivity contribution in [2.24, 2.45) is 0 Å². The minimum Gasteiger partial charge on any atom is -0.477 e. The van der Waals surface area contributed by atoms with Crippen LogP contribution in [-0.4, -0.2) is 11.1 Å². The first-order chi connectivity index (χ1) is 3.18. The Kier molecular flexibility index (Phi) is 1.27. The second kappa shape index (κ2) is 1.97. The lowest BCUT2D eigenvalue weighted by molar-refractivity contribution is -0.131. The first kappa shape index (κ1) is 3.87. The van der Waals surface area contributed by atoms with Gasteiger partial charge in [-0.15, -0.1) is 0 Å². The summed E-state index contributed by atoms with van der Waals surface area (Å²) >= 11 is 2.71. The van der Waals surface area contributed by atoms with Gasteiger partial charge in [-0.25, -0.2) is 4.79 Å². The molecule has 0 atom stereocenters. The number of rotatable bonds is 1. The monoisotopic (exact) mass is 151 g/mol. The maximum Gasteiger partial charge on any atom is 0.342 e. The minimum atomic E-state index is -0.764. The third kappa shape index (κ3) is 1.96. The van der Waals surface area contributed by atoms with E-state index in [4.69, 9.17) is 1.43 Å².